The number of nitrogens with zero attached hydrogens (tertiary/aromatic N) is 1. The Hall–Kier alpha value is -1.51. The van der Waals surface area contributed by atoms with Gasteiger partial charge in [-0.1, -0.05) is 57.1 Å². The van der Waals surface area contributed by atoms with Crippen LogP contribution in [0.2, 0.25) is 0 Å². The molecule has 0 spiro atoms. The molecule has 1 amide bonds. The van der Waals surface area contributed by atoms with Gasteiger partial charge >= 0.3 is 0 Å². The van der Waals surface area contributed by atoms with E-state index in [1.165, 1.54) is 62.5 Å². The van der Waals surface area contributed by atoms with E-state index in [1.54, 1.807) is 7.11 Å². The molecule has 3 aliphatic rings. The van der Waals surface area contributed by atoms with E-state index in [0.29, 0.717) is 24.3 Å². The minimum Gasteiger partial charge on any atom is -0.496 e. The molecule has 2 atom stereocenters. The van der Waals surface area contributed by atoms with E-state index in [4.69, 9.17) is 4.74 Å². The second-order valence-corrected chi connectivity index (χ2v) is 8.53. The fourth-order valence-electron chi connectivity index (χ4n) is 5.68. The van der Waals surface area contributed by atoms with Crippen LogP contribution in [0.15, 0.2) is 18.2 Å². The summed E-state index contributed by atoms with van der Waals surface area (Å²) in [7, 11) is 1.75. The summed E-state index contributed by atoms with van der Waals surface area (Å²) in [4.78, 5) is 14.9. The number of carbonyl (C=O) groups excluding carboxylic acids is 1. The highest BCUT2D eigenvalue weighted by atomic mass is 16.5. The minimum absolute atomic E-state index is 0.369. The predicted molar refractivity (Wildman–Crippen MR) is 105 cm³/mol. The van der Waals surface area contributed by atoms with E-state index in [-0.39, 0.29) is 0 Å². The van der Waals surface area contributed by atoms with Crippen LogP contribution in [0.5, 0.6) is 5.75 Å². The van der Waals surface area contributed by atoms with Crippen molar-refractivity contribution in [3.63, 3.8) is 0 Å². The van der Waals surface area contributed by atoms with Gasteiger partial charge in [0.15, 0.2) is 0 Å². The summed E-state index contributed by atoms with van der Waals surface area (Å²) in [6, 6.07) is 6.77. The molecule has 3 nitrogen and oxygen atoms in total. The van der Waals surface area contributed by atoms with Gasteiger partial charge in [-0.15, -0.1) is 0 Å². The molecule has 0 radical (unpaired) electrons. The number of fused-ring (bicyclic) bond motifs is 3. The van der Waals surface area contributed by atoms with Crippen LogP contribution in [0.3, 0.4) is 0 Å². The van der Waals surface area contributed by atoms with Crippen molar-refractivity contribution in [3.05, 3.63) is 29.3 Å². The van der Waals surface area contributed by atoms with E-state index in [2.05, 4.69) is 23.1 Å². The molecule has 2 fully saturated rings. The number of unbranched alkanes of at least 4 members (excludes halogenated alkanes) is 1. The summed E-state index contributed by atoms with van der Waals surface area (Å²) in [6.07, 6.45) is 13.8. The lowest BCUT2D eigenvalue weighted by Gasteiger charge is -2.34. The molecule has 1 saturated heterocycles. The highest BCUT2D eigenvalue weighted by molar-refractivity contribution is 5.81. The molecule has 0 bridgehead atoms. The number of amides is 1. The first-order valence-electron chi connectivity index (χ1n) is 10.7. The molecule has 142 valence electrons. The highest BCUT2D eigenvalue weighted by Gasteiger charge is 2.43. The van der Waals surface area contributed by atoms with E-state index in [0.717, 1.165) is 31.1 Å². The number of rotatable bonds is 6. The Morgan fingerprint density at radius 2 is 1.96 bits per heavy atom. The van der Waals surface area contributed by atoms with Crippen LogP contribution in [-0.2, 0) is 11.2 Å². The Morgan fingerprint density at radius 1 is 1.12 bits per heavy atom. The third-order valence-electron chi connectivity index (χ3n) is 7.04. The van der Waals surface area contributed by atoms with Gasteiger partial charge in [-0.05, 0) is 42.4 Å². The highest BCUT2D eigenvalue weighted by Crippen LogP contribution is 2.44. The Morgan fingerprint density at radius 3 is 2.77 bits per heavy atom. The number of hydrogen-bond donors (Lipinski definition) is 0. The number of ether oxygens (including phenoxy) is 1. The summed E-state index contributed by atoms with van der Waals surface area (Å²) in [5, 5.41) is 0. The van der Waals surface area contributed by atoms with Gasteiger partial charge < -0.3 is 9.64 Å². The lowest BCUT2D eigenvalue weighted by molar-refractivity contribution is -0.129. The summed E-state index contributed by atoms with van der Waals surface area (Å²) >= 11 is 0. The molecule has 0 unspecified atom stereocenters. The average molecular weight is 356 g/mol. The number of benzene rings is 1. The molecule has 1 heterocycles. The summed E-state index contributed by atoms with van der Waals surface area (Å²) < 4.78 is 5.55. The number of methoxy groups -OCH3 is 1. The van der Waals surface area contributed by atoms with Crippen LogP contribution in [0.25, 0.3) is 0 Å². The zero-order valence-corrected chi connectivity index (χ0v) is 16.2. The quantitative estimate of drug-likeness (QED) is 0.666. The molecule has 1 saturated carbocycles. The Kier molecular flexibility index (Phi) is 5.52. The van der Waals surface area contributed by atoms with Crippen LogP contribution in [0, 0.1) is 5.92 Å². The number of likely N-dealkylation sites (tertiary alicyclic amines) is 1. The fraction of sp³-hybridized carbons (Fsp3) is 0.696. The maximum atomic E-state index is 12.7. The van der Waals surface area contributed by atoms with Crippen molar-refractivity contribution in [2.24, 2.45) is 5.92 Å². The molecule has 3 heteroatoms. The van der Waals surface area contributed by atoms with Crippen molar-refractivity contribution < 1.29 is 9.53 Å². The van der Waals surface area contributed by atoms with Gasteiger partial charge in [-0.2, -0.15) is 0 Å². The summed E-state index contributed by atoms with van der Waals surface area (Å²) in [5.74, 6) is 2.70. The second-order valence-electron chi connectivity index (χ2n) is 8.53. The van der Waals surface area contributed by atoms with Crippen LogP contribution >= 0.6 is 0 Å². The lowest BCUT2D eigenvalue weighted by atomic mass is 9.79. The van der Waals surface area contributed by atoms with Crippen molar-refractivity contribution in [2.45, 2.75) is 82.6 Å². The van der Waals surface area contributed by atoms with Gasteiger partial charge in [0, 0.05) is 24.9 Å². The molecule has 26 heavy (non-hydrogen) atoms. The Balaban J connectivity index is 1.35. The third-order valence-corrected chi connectivity index (χ3v) is 7.04. The smallest absolute Gasteiger partial charge is 0.223 e. The SMILES string of the molecule is COc1cccc2c1CC[C@H]1[C@@H]2CC(=O)N1CCCCC1CCCCC1. The monoisotopic (exact) mass is 355 g/mol. The van der Waals surface area contributed by atoms with Crippen LogP contribution in [-0.4, -0.2) is 30.5 Å². The van der Waals surface area contributed by atoms with E-state index in [1.807, 2.05) is 0 Å². The van der Waals surface area contributed by atoms with Crippen molar-refractivity contribution in [2.75, 3.05) is 13.7 Å². The normalized spacial score (nSPS) is 25.9. The first kappa shape index (κ1) is 17.9. The molecular weight excluding hydrogens is 322 g/mol. The number of hydrogen-bond acceptors (Lipinski definition) is 2. The van der Waals surface area contributed by atoms with Crippen LogP contribution in [0.4, 0.5) is 0 Å². The van der Waals surface area contributed by atoms with Crippen molar-refractivity contribution in [1.82, 2.24) is 4.90 Å². The van der Waals surface area contributed by atoms with Crippen molar-refractivity contribution in [3.8, 4) is 5.75 Å². The third kappa shape index (κ3) is 3.50. The van der Waals surface area contributed by atoms with Gasteiger partial charge in [0.1, 0.15) is 5.75 Å². The maximum absolute atomic E-state index is 12.7. The van der Waals surface area contributed by atoms with Crippen LogP contribution < -0.4 is 4.74 Å². The van der Waals surface area contributed by atoms with Gasteiger partial charge in [-0.25, -0.2) is 0 Å². The fourth-order valence-corrected chi connectivity index (χ4v) is 5.68. The number of carbonyl (C=O) groups is 1. The minimum atomic E-state index is 0.369. The molecule has 4 rings (SSSR count). The molecule has 1 aromatic rings. The maximum Gasteiger partial charge on any atom is 0.223 e. The van der Waals surface area contributed by atoms with E-state index < -0.39 is 0 Å². The first-order valence-corrected chi connectivity index (χ1v) is 10.7. The molecule has 2 aliphatic carbocycles. The summed E-state index contributed by atoms with van der Waals surface area (Å²) in [6.45, 7) is 0.964. The first-order chi connectivity index (χ1) is 12.8. The second kappa shape index (κ2) is 8.02. The Bertz CT molecular complexity index is 635. The largest absolute Gasteiger partial charge is 0.496 e. The van der Waals surface area contributed by atoms with E-state index >= 15 is 0 Å². The summed E-state index contributed by atoms with van der Waals surface area (Å²) in [5.41, 5.74) is 2.70. The lowest BCUT2D eigenvalue weighted by Crippen LogP contribution is -2.37. The molecule has 1 aromatic carbocycles. The van der Waals surface area contributed by atoms with E-state index in [9.17, 15) is 4.79 Å². The molecular formula is C23H33NO2. The van der Waals surface area contributed by atoms with Gasteiger partial charge in [-0.3, -0.25) is 4.79 Å². The standard InChI is InChI=1S/C23H33NO2/c1-26-22-12-7-11-18-19(22)13-14-21-20(18)16-23(25)24(21)15-6-5-10-17-8-3-2-4-9-17/h7,11-12,17,20-21H,2-6,8-10,13-16H2,1H3/t20-,21+/m1/s1. The average Bonchev–Trinajstić information content (AvgIpc) is 3.01. The van der Waals surface area contributed by atoms with Gasteiger partial charge in [0.05, 0.1) is 7.11 Å². The zero-order chi connectivity index (χ0) is 17.9. The molecule has 0 aromatic heterocycles. The predicted octanol–water partition coefficient (Wildman–Crippen LogP) is 5.08. The molecule has 0 N–H and O–H groups in total. The van der Waals surface area contributed by atoms with Crippen molar-refractivity contribution >= 4 is 5.91 Å². The Labute approximate surface area is 158 Å². The van der Waals surface area contributed by atoms with Crippen molar-refractivity contribution in [1.29, 1.82) is 0 Å². The van der Waals surface area contributed by atoms with Crippen LogP contribution in [0.1, 0.15) is 81.3 Å². The zero-order valence-electron chi connectivity index (χ0n) is 16.2. The molecule has 1 aliphatic heterocycles. The van der Waals surface area contributed by atoms with Gasteiger partial charge in [0.25, 0.3) is 0 Å². The topological polar surface area (TPSA) is 29.5 Å². The van der Waals surface area contributed by atoms with Gasteiger partial charge in [0.2, 0.25) is 5.91 Å².